The first-order chi connectivity index (χ1) is 5.66. The third-order valence-corrected chi connectivity index (χ3v) is 2.14. The summed E-state index contributed by atoms with van der Waals surface area (Å²) >= 11 is 0. The molecule has 0 unspecified atom stereocenters. The summed E-state index contributed by atoms with van der Waals surface area (Å²) in [7, 11) is 0. The Hall–Kier alpha value is -0.530. The molecular weight excluding hydrogens is 152 g/mol. The highest BCUT2D eigenvalue weighted by Gasteiger charge is 2.02. The highest BCUT2D eigenvalue weighted by molar-refractivity contribution is 5.66. The van der Waals surface area contributed by atoms with Gasteiger partial charge >= 0.3 is 5.97 Å². The SMILES string of the molecule is CCCC[C@H](C)CCCC(=O)O. The summed E-state index contributed by atoms with van der Waals surface area (Å²) in [5.41, 5.74) is 0. The smallest absolute Gasteiger partial charge is 0.303 e. The summed E-state index contributed by atoms with van der Waals surface area (Å²) in [4.78, 5) is 10.2. The van der Waals surface area contributed by atoms with Crippen molar-refractivity contribution in [1.82, 2.24) is 0 Å². The topological polar surface area (TPSA) is 37.3 Å². The highest BCUT2D eigenvalue weighted by atomic mass is 16.4. The van der Waals surface area contributed by atoms with Crippen LogP contribution in [0.5, 0.6) is 0 Å². The van der Waals surface area contributed by atoms with Crippen LogP contribution in [0.3, 0.4) is 0 Å². The van der Waals surface area contributed by atoms with Crippen molar-refractivity contribution in [2.24, 2.45) is 5.92 Å². The minimum atomic E-state index is -0.669. The van der Waals surface area contributed by atoms with E-state index in [0.717, 1.165) is 12.8 Å². The van der Waals surface area contributed by atoms with Crippen molar-refractivity contribution in [2.45, 2.75) is 52.4 Å². The normalized spacial score (nSPS) is 12.8. The Balaban J connectivity index is 3.19. The Kier molecular flexibility index (Phi) is 6.82. The maximum atomic E-state index is 10.2. The number of carbonyl (C=O) groups is 1. The van der Waals surface area contributed by atoms with Gasteiger partial charge in [-0.1, -0.05) is 39.5 Å². The number of carboxylic acid groups (broad SMARTS) is 1. The monoisotopic (exact) mass is 172 g/mol. The molecule has 0 amide bonds. The number of unbranched alkanes of at least 4 members (excludes halogenated alkanes) is 1. The summed E-state index contributed by atoms with van der Waals surface area (Å²) < 4.78 is 0. The molecule has 2 nitrogen and oxygen atoms in total. The van der Waals surface area contributed by atoms with Crippen LogP contribution in [0.15, 0.2) is 0 Å². The van der Waals surface area contributed by atoms with Gasteiger partial charge in [0.15, 0.2) is 0 Å². The van der Waals surface area contributed by atoms with Gasteiger partial charge in [-0.15, -0.1) is 0 Å². The quantitative estimate of drug-likeness (QED) is 0.640. The van der Waals surface area contributed by atoms with Crippen molar-refractivity contribution < 1.29 is 9.90 Å². The van der Waals surface area contributed by atoms with Crippen molar-refractivity contribution in [2.75, 3.05) is 0 Å². The van der Waals surface area contributed by atoms with E-state index < -0.39 is 5.97 Å². The lowest BCUT2D eigenvalue weighted by molar-refractivity contribution is -0.137. The summed E-state index contributed by atoms with van der Waals surface area (Å²) in [6.07, 6.45) is 5.98. The van der Waals surface area contributed by atoms with Crippen LogP contribution < -0.4 is 0 Å². The molecule has 72 valence electrons. The Morgan fingerprint density at radius 2 is 1.92 bits per heavy atom. The van der Waals surface area contributed by atoms with Crippen molar-refractivity contribution >= 4 is 5.97 Å². The fraction of sp³-hybridized carbons (Fsp3) is 0.900. The van der Waals surface area contributed by atoms with E-state index in [9.17, 15) is 4.79 Å². The predicted molar refractivity (Wildman–Crippen MR) is 50.2 cm³/mol. The van der Waals surface area contributed by atoms with Crippen molar-refractivity contribution in [3.05, 3.63) is 0 Å². The first-order valence-electron chi connectivity index (χ1n) is 4.88. The first-order valence-corrected chi connectivity index (χ1v) is 4.88. The molecule has 12 heavy (non-hydrogen) atoms. The Bertz CT molecular complexity index is 121. The Labute approximate surface area is 75.0 Å². The highest BCUT2D eigenvalue weighted by Crippen LogP contribution is 2.14. The molecule has 0 saturated heterocycles. The van der Waals surface area contributed by atoms with Crippen LogP contribution in [0, 0.1) is 5.92 Å². The van der Waals surface area contributed by atoms with E-state index in [1.165, 1.54) is 19.3 Å². The molecule has 0 bridgehead atoms. The third kappa shape index (κ3) is 7.58. The van der Waals surface area contributed by atoms with Crippen molar-refractivity contribution in [1.29, 1.82) is 0 Å². The molecule has 2 heteroatoms. The average Bonchev–Trinajstić information content (AvgIpc) is 2.00. The number of hydrogen-bond acceptors (Lipinski definition) is 1. The largest absolute Gasteiger partial charge is 0.481 e. The molecular formula is C10H20O2. The summed E-state index contributed by atoms with van der Waals surface area (Å²) in [6, 6.07) is 0. The maximum absolute atomic E-state index is 10.2. The van der Waals surface area contributed by atoms with Gasteiger partial charge < -0.3 is 5.11 Å². The lowest BCUT2D eigenvalue weighted by Gasteiger charge is -2.08. The fourth-order valence-electron chi connectivity index (χ4n) is 1.30. The maximum Gasteiger partial charge on any atom is 0.303 e. The van der Waals surface area contributed by atoms with Gasteiger partial charge in [0, 0.05) is 6.42 Å². The molecule has 1 atom stereocenters. The number of aliphatic carboxylic acids is 1. The summed E-state index contributed by atoms with van der Waals surface area (Å²) in [6.45, 7) is 4.39. The molecule has 0 aromatic heterocycles. The van der Waals surface area contributed by atoms with E-state index in [0.29, 0.717) is 12.3 Å². The molecule has 0 rings (SSSR count). The molecule has 0 spiro atoms. The molecule has 1 N–H and O–H groups in total. The van der Waals surface area contributed by atoms with Crippen LogP contribution in [0.4, 0.5) is 0 Å². The van der Waals surface area contributed by atoms with E-state index in [1.54, 1.807) is 0 Å². The molecule has 0 heterocycles. The van der Waals surface area contributed by atoms with E-state index in [4.69, 9.17) is 5.11 Å². The molecule has 0 aliphatic heterocycles. The second-order valence-electron chi connectivity index (χ2n) is 3.53. The minimum absolute atomic E-state index is 0.330. The van der Waals surface area contributed by atoms with Crippen LogP contribution in [0.1, 0.15) is 52.4 Å². The number of hydrogen-bond donors (Lipinski definition) is 1. The summed E-state index contributed by atoms with van der Waals surface area (Å²) in [5.74, 6) is 0.0296. The van der Waals surface area contributed by atoms with Gasteiger partial charge in [-0.3, -0.25) is 4.79 Å². The Morgan fingerprint density at radius 3 is 2.42 bits per heavy atom. The molecule has 0 radical (unpaired) electrons. The van der Waals surface area contributed by atoms with E-state index in [-0.39, 0.29) is 0 Å². The lowest BCUT2D eigenvalue weighted by atomic mass is 9.98. The second kappa shape index (κ2) is 7.14. The van der Waals surface area contributed by atoms with E-state index in [2.05, 4.69) is 13.8 Å². The van der Waals surface area contributed by atoms with E-state index >= 15 is 0 Å². The molecule has 0 saturated carbocycles. The van der Waals surface area contributed by atoms with Crippen LogP contribution in [0.25, 0.3) is 0 Å². The van der Waals surface area contributed by atoms with Gasteiger partial charge in [-0.25, -0.2) is 0 Å². The number of carboxylic acids is 1. The molecule has 0 aliphatic carbocycles. The van der Waals surface area contributed by atoms with Gasteiger partial charge in [0.05, 0.1) is 0 Å². The van der Waals surface area contributed by atoms with Crippen molar-refractivity contribution in [3.8, 4) is 0 Å². The molecule has 0 aromatic carbocycles. The number of rotatable bonds is 7. The predicted octanol–water partition coefficient (Wildman–Crippen LogP) is 3.07. The van der Waals surface area contributed by atoms with Crippen LogP contribution in [-0.4, -0.2) is 11.1 Å². The van der Waals surface area contributed by atoms with Gasteiger partial charge in [0.2, 0.25) is 0 Å². The van der Waals surface area contributed by atoms with E-state index in [1.807, 2.05) is 0 Å². The zero-order valence-electron chi connectivity index (χ0n) is 8.18. The van der Waals surface area contributed by atoms with Gasteiger partial charge in [0.25, 0.3) is 0 Å². The fourth-order valence-corrected chi connectivity index (χ4v) is 1.30. The van der Waals surface area contributed by atoms with Crippen LogP contribution in [-0.2, 0) is 4.79 Å². The third-order valence-electron chi connectivity index (χ3n) is 2.14. The minimum Gasteiger partial charge on any atom is -0.481 e. The molecule has 0 aliphatic rings. The lowest BCUT2D eigenvalue weighted by Crippen LogP contribution is -1.98. The van der Waals surface area contributed by atoms with Crippen molar-refractivity contribution in [3.63, 3.8) is 0 Å². The van der Waals surface area contributed by atoms with Gasteiger partial charge in [0.1, 0.15) is 0 Å². The van der Waals surface area contributed by atoms with Crippen LogP contribution >= 0.6 is 0 Å². The first kappa shape index (κ1) is 11.5. The average molecular weight is 172 g/mol. The Morgan fingerprint density at radius 1 is 1.33 bits per heavy atom. The van der Waals surface area contributed by atoms with Gasteiger partial charge in [-0.05, 0) is 12.3 Å². The van der Waals surface area contributed by atoms with Crippen LogP contribution in [0.2, 0.25) is 0 Å². The second-order valence-corrected chi connectivity index (χ2v) is 3.53. The summed E-state index contributed by atoms with van der Waals surface area (Å²) in [5, 5.41) is 8.40. The zero-order valence-corrected chi connectivity index (χ0v) is 8.18. The molecule has 0 aromatic rings. The zero-order chi connectivity index (χ0) is 9.40. The van der Waals surface area contributed by atoms with Gasteiger partial charge in [-0.2, -0.15) is 0 Å². The molecule has 0 fully saturated rings. The standard InChI is InChI=1S/C10H20O2/c1-3-4-6-9(2)7-5-8-10(11)12/h9H,3-8H2,1-2H3,(H,11,12)/t9-/m0/s1.